The summed E-state index contributed by atoms with van der Waals surface area (Å²) in [4.78, 5) is 10.2. The molecular formula is C15H41NO. The quantitative estimate of drug-likeness (QED) is 0.691. The first-order valence-corrected chi connectivity index (χ1v) is 5.03. The standard InChI is InChI=1S/C6H14.C5H11NO.4CH4/c1-5-6(2,3)4;1-3-4(2)5(6)7;;;;/h5H2,1-4H3;4H,3H2,1-2H3,(H2,6,7);4*1H4. The van der Waals surface area contributed by atoms with E-state index in [1.165, 1.54) is 6.42 Å². The molecule has 0 heterocycles. The third kappa shape index (κ3) is 39.1. The molecule has 0 aliphatic rings. The number of nitrogens with two attached hydrogens (primary N) is 1. The molecule has 0 rings (SSSR count). The largest absolute Gasteiger partial charge is 0.369 e. The lowest BCUT2D eigenvalue weighted by molar-refractivity contribution is -0.121. The highest BCUT2D eigenvalue weighted by Crippen LogP contribution is 2.16. The summed E-state index contributed by atoms with van der Waals surface area (Å²) < 4.78 is 0. The van der Waals surface area contributed by atoms with E-state index in [1.807, 2.05) is 13.8 Å². The highest BCUT2D eigenvalue weighted by molar-refractivity contribution is 5.76. The second kappa shape index (κ2) is 17.9. The first-order valence-electron chi connectivity index (χ1n) is 5.03. The van der Waals surface area contributed by atoms with Gasteiger partial charge < -0.3 is 5.73 Å². The molecule has 2 nitrogen and oxygen atoms in total. The molecule has 1 amide bonds. The van der Waals surface area contributed by atoms with Crippen LogP contribution in [0.3, 0.4) is 0 Å². The van der Waals surface area contributed by atoms with Gasteiger partial charge in [-0.3, -0.25) is 4.79 Å². The van der Waals surface area contributed by atoms with Crippen molar-refractivity contribution in [3.63, 3.8) is 0 Å². The minimum absolute atomic E-state index is 0. The van der Waals surface area contributed by atoms with E-state index in [2.05, 4.69) is 27.7 Å². The molecule has 0 saturated carbocycles. The van der Waals surface area contributed by atoms with E-state index in [0.717, 1.165) is 6.42 Å². The van der Waals surface area contributed by atoms with Gasteiger partial charge in [0.05, 0.1) is 0 Å². The lowest BCUT2D eigenvalue weighted by Crippen LogP contribution is -2.19. The lowest BCUT2D eigenvalue weighted by atomic mass is 9.94. The summed E-state index contributed by atoms with van der Waals surface area (Å²) >= 11 is 0. The zero-order chi connectivity index (χ0) is 11.1. The minimum atomic E-state index is -0.206. The Hall–Kier alpha value is -0.530. The normalized spacial score (nSPS) is 9.76. The van der Waals surface area contributed by atoms with Crippen LogP contribution in [0.4, 0.5) is 0 Å². The summed E-state index contributed by atoms with van der Waals surface area (Å²) in [6, 6.07) is 0. The summed E-state index contributed by atoms with van der Waals surface area (Å²) in [5.74, 6) is -0.164. The molecule has 2 N–H and O–H groups in total. The van der Waals surface area contributed by atoms with Crippen molar-refractivity contribution in [3.8, 4) is 0 Å². The van der Waals surface area contributed by atoms with E-state index in [0.29, 0.717) is 5.41 Å². The number of hydrogen-bond acceptors (Lipinski definition) is 1. The lowest BCUT2D eigenvalue weighted by Gasteiger charge is -2.12. The van der Waals surface area contributed by atoms with Crippen LogP contribution in [0.1, 0.15) is 84.1 Å². The van der Waals surface area contributed by atoms with Crippen LogP contribution in [0, 0.1) is 11.3 Å². The number of carbonyl (C=O) groups excluding carboxylic acids is 1. The van der Waals surface area contributed by atoms with E-state index in [9.17, 15) is 4.79 Å². The molecule has 17 heavy (non-hydrogen) atoms. The smallest absolute Gasteiger partial charge is 0.220 e. The van der Waals surface area contributed by atoms with Gasteiger partial charge in [0.2, 0.25) is 5.91 Å². The van der Waals surface area contributed by atoms with Crippen molar-refractivity contribution < 1.29 is 4.79 Å². The summed E-state index contributed by atoms with van der Waals surface area (Å²) in [5, 5.41) is 0. The second-order valence-electron chi connectivity index (χ2n) is 4.63. The summed E-state index contributed by atoms with van der Waals surface area (Å²) in [5.41, 5.74) is 5.45. The van der Waals surface area contributed by atoms with Crippen molar-refractivity contribution >= 4 is 5.91 Å². The van der Waals surface area contributed by atoms with Crippen molar-refractivity contribution in [2.75, 3.05) is 0 Å². The Bertz CT molecular complexity index is 136. The Balaban J connectivity index is -0.0000000290. The van der Waals surface area contributed by atoms with Crippen LogP contribution in [-0.2, 0) is 4.79 Å². The van der Waals surface area contributed by atoms with Gasteiger partial charge in [-0.2, -0.15) is 0 Å². The van der Waals surface area contributed by atoms with Crippen LogP contribution >= 0.6 is 0 Å². The number of carbonyl (C=O) groups is 1. The Labute approximate surface area is 112 Å². The SMILES string of the molecule is C.C.C.C.CCC(C)(C)C.CCC(C)C(N)=O. The van der Waals surface area contributed by atoms with Gasteiger partial charge in [0.25, 0.3) is 0 Å². The van der Waals surface area contributed by atoms with Crippen molar-refractivity contribution in [2.24, 2.45) is 17.1 Å². The fraction of sp³-hybridized carbons (Fsp3) is 0.933. The van der Waals surface area contributed by atoms with E-state index in [4.69, 9.17) is 5.73 Å². The Morgan fingerprint density at radius 1 is 1.06 bits per heavy atom. The third-order valence-electron chi connectivity index (χ3n) is 2.16. The molecule has 0 aromatic rings. The van der Waals surface area contributed by atoms with E-state index in [-0.39, 0.29) is 41.5 Å². The van der Waals surface area contributed by atoms with Crippen LogP contribution in [0.25, 0.3) is 0 Å². The maximum Gasteiger partial charge on any atom is 0.220 e. The van der Waals surface area contributed by atoms with E-state index < -0.39 is 0 Å². The highest BCUT2D eigenvalue weighted by atomic mass is 16.1. The first kappa shape index (κ1) is 36.0. The highest BCUT2D eigenvalue weighted by Gasteiger charge is 2.03. The molecule has 112 valence electrons. The van der Waals surface area contributed by atoms with Gasteiger partial charge in [-0.1, -0.05) is 77.7 Å². The van der Waals surface area contributed by atoms with Crippen LogP contribution in [0.15, 0.2) is 0 Å². The van der Waals surface area contributed by atoms with Gasteiger partial charge in [-0.15, -0.1) is 0 Å². The molecule has 0 fully saturated rings. The molecule has 1 atom stereocenters. The molecular weight excluding hydrogens is 210 g/mol. The molecule has 0 aromatic heterocycles. The number of rotatable bonds is 2. The molecule has 0 spiro atoms. The van der Waals surface area contributed by atoms with Crippen LogP contribution in [0.2, 0.25) is 0 Å². The van der Waals surface area contributed by atoms with Gasteiger partial charge in [0, 0.05) is 5.92 Å². The van der Waals surface area contributed by atoms with Gasteiger partial charge in [0.15, 0.2) is 0 Å². The Morgan fingerprint density at radius 2 is 1.29 bits per heavy atom. The molecule has 0 aliphatic carbocycles. The third-order valence-corrected chi connectivity index (χ3v) is 2.16. The van der Waals surface area contributed by atoms with Crippen molar-refractivity contribution in [1.29, 1.82) is 0 Å². The maximum atomic E-state index is 10.2. The molecule has 1 unspecified atom stereocenters. The average Bonchev–Trinajstić information content (AvgIpc) is 2.02. The summed E-state index contributed by atoms with van der Waals surface area (Å²) in [6.45, 7) is 12.7. The molecule has 0 radical (unpaired) electrons. The fourth-order valence-corrected chi connectivity index (χ4v) is 0.201. The molecule has 0 bridgehead atoms. The van der Waals surface area contributed by atoms with Gasteiger partial charge in [-0.05, 0) is 11.8 Å². The summed E-state index contributed by atoms with van der Waals surface area (Å²) in [6.07, 6.45) is 2.11. The van der Waals surface area contributed by atoms with Gasteiger partial charge >= 0.3 is 0 Å². The maximum absolute atomic E-state index is 10.2. The number of primary amides is 1. The monoisotopic (exact) mass is 251 g/mol. The predicted octanol–water partition coefficient (Wildman–Crippen LogP) is 5.50. The average molecular weight is 251 g/mol. The second-order valence-corrected chi connectivity index (χ2v) is 4.63. The molecule has 2 heteroatoms. The first-order chi connectivity index (χ1) is 5.74. The number of amides is 1. The summed E-state index contributed by atoms with van der Waals surface area (Å²) in [7, 11) is 0. The Kier molecular flexibility index (Phi) is 37.8. The fourth-order valence-electron chi connectivity index (χ4n) is 0.201. The van der Waals surface area contributed by atoms with Gasteiger partial charge in [-0.25, -0.2) is 0 Å². The van der Waals surface area contributed by atoms with Crippen LogP contribution in [0.5, 0.6) is 0 Å². The predicted molar refractivity (Wildman–Crippen MR) is 85.3 cm³/mol. The van der Waals surface area contributed by atoms with Crippen LogP contribution in [-0.4, -0.2) is 5.91 Å². The van der Waals surface area contributed by atoms with Crippen molar-refractivity contribution in [3.05, 3.63) is 0 Å². The van der Waals surface area contributed by atoms with E-state index >= 15 is 0 Å². The van der Waals surface area contributed by atoms with Gasteiger partial charge in [0.1, 0.15) is 0 Å². The minimum Gasteiger partial charge on any atom is -0.369 e. The topological polar surface area (TPSA) is 43.1 Å². The van der Waals surface area contributed by atoms with Crippen LogP contribution < -0.4 is 5.73 Å². The molecule has 0 aromatic carbocycles. The number of hydrogen-bond donors (Lipinski definition) is 1. The molecule has 0 saturated heterocycles. The molecule has 0 aliphatic heterocycles. The zero-order valence-electron chi connectivity index (χ0n) is 9.98. The zero-order valence-corrected chi connectivity index (χ0v) is 9.98. The van der Waals surface area contributed by atoms with Crippen molar-refractivity contribution in [1.82, 2.24) is 0 Å². The van der Waals surface area contributed by atoms with E-state index in [1.54, 1.807) is 0 Å². The van der Waals surface area contributed by atoms with Crippen molar-refractivity contribution in [2.45, 2.75) is 84.1 Å². The Morgan fingerprint density at radius 3 is 1.29 bits per heavy atom.